The molecule has 0 aromatic heterocycles. The number of carboxylic acid groups (broad SMARTS) is 1. The molecule has 8 heteroatoms. The van der Waals surface area contributed by atoms with Crippen molar-refractivity contribution in [2.45, 2.75) is 38.8 Å². The van der Waals surface area contributed by atoms with Gasteiger partial charge in [0.05, 0.1) is 19.3 Å². The zero-order chi connectivity index (χ0) is 25.1. The molecule has 2 N–H and O–H groups in total. The van der Waals surface area contributed by atoms with Crippen LogP contribution in [0.2, 0.25) is 0 Å². The number of ether oxygens (including phenoxy) is 2. The molecule has 2 aliphatic rings. The monoisotopic (exact) mass is 480 g/mol. The molecule has 2 aromatic carbocycles. The number of alkyl carbamates (subject to hydrolysis) is 1. The second-order valence-electron chi connectivity index (χ2n) is 9.37. The SMILES string of the molecule is CCN(C(=O)[C@@H](NC(=O)OCC1c2ccccc2-c2ccccc21)C(C)C)C1COCC1C(=O)O. The Morgan fingerprint density at radius 2 is 1.66 bits per heavy atom. The molecule has 2 aromatic rings. The summed E-state index contributed by atoms with van der Waals surface area (Å²) in [6.45, 7) is 6.14. The fourth-order valence-corrected chi connectivity index (χ4v) is 5.10. The van der Waals surface area contributed by atoms with Gasteiger partial charge < -0.3 is 24.8 Å². The number of nitrogens with zero attached hydrogens (tertiary/aromatic N) is 1. The van der Waals surface area contributed by atoms with Crippen LogP contribution in [-0.4, -0.2) is 66.4 Å². The van der Waals surface area contributed by atoms with Gasteiger partial charge in [0.1, 0.15) is 18.6 Å². The molecule has 0 saturated carbocycles. The van der Waals surface area contributed by atoms with Crippen LogP contribution in [0, 0.1) is 11.8 Å². The maximum Gasteiger partial charge on any atom is 0.407 e. The average molecular weight is 481 g/mol. The lowest BCUT2D eigenvalue weighted by atomic mass is 9.98. The highest BCUT2D eigenvalue weighted by molar-refractivity contribution is 5.87. The molecule has 0 spiro atoms. The van der Waals surface area contributed by atoms with Crippen LogP contribution in [0.25, 0.3) is 11.1 Å². The van der Waals surface area contributed by atoms with Crippen LogP contribution in [0.5, 0.6) is 0 Å². The molecule has 35 heavy (non-hydrogen) atoms. The Kier molecular flexibility index (Phi) is 7.40. The summed E-state index contributed by atoms with van der Waals surface area (Å²) < 4.78 is 11.0. The fraction of sp³-hybridized carbons (Fsp3) is 0.444. The van der Waals surface area contributed by atoms with E-state index in [4.69, 9.17) is 9.47 Å². The minimum atomic E-state index is -0.996. The highest BCUT2D eigenvalue weighted by Gasteiger charge is 2.42. The van der Waals surface area contributed by atoms with Gasteiger partial charge in [0.15, 0.2) is 0 Å². The van der Waals surface area contributed by atoms with Gasteiger partial charge in [-0.3, -0.25) is 9.59 Å². The first-order valence-corrected chi connectivity index (χ1v) is 12.1. The maximum absolute atomic E-state index is 13.4. The number of hydrogen-bond acceptors (Lipinski definition) is 5. The number of amides is 2. The Balaban J connectivity index is 1.44. The first-order chi connectivity index (χ1) is 16.8. The van der Waals surface area contributed by atoms with Crippen molar-refractivity contribution in [3.05, 3.63) is 59.7 Å². The van der Waals surface area contributed by atoms with Crippen LogP contribution in [0.15, 0.2) is 48.5 Å². The average Bonchev–Trinajstić information content (AvgIpc) is 3.45. The number of carboxylic acids is 1. The third kappa shape index (κ3) is 4.89. The lowest BCUT2D eigenvalue weighted by Gasteiger charge is -2.34. The summed E-state index contributed by atoms with van der Waals surface area (Å²) in [5.74, 6) is -2.42. The van der Waals surface area contributed by atoms with Crippen LogP contribution in [0.3, 0.4) is 0 Å². The number of nitrogens with one attached hydrogen (secondary N) is 1. The molecule has 8 nitrogen and oxygen atoms in total. The van der Waals surface area contributed by atoms with Gasteiger partial charge in [-0.2, -0.15) is 0 Å². The van der Waals surface area contributed by atoms with Crippen LogP contribution in [-0.2, 0) is 19.1 Å². The van der Waals surface area contributed by atoms with E-state index in [2.05, 4.69) is 17.4 Å². The standard InChI is InChI=1S/C27H32N2O6/c1-4-29(23-15-34-13-22(23)26(31)32)25(30)24(16(2)3)28-27(33)35-14-21-19-11-7-5-9-17(19)18-10-6-8-12-20(18)21/h5-12,16,21-24H,4,13-15H2,1-3H3,(H,28,33)(H,31,32)/t22?,23?,24-/m0/s1. The first kappa shape index (κ1) is 24.7. The lowest BCUT2D eigenvalue weighted by Crippen LogP contribution is -2.56. The summed E-state index contributed by atoms with van der Waals surface area (Å²) in [5.41, 5.74) is 4.49. The summed E-state index contributed by atoms with van der Waals surface area (Å²) in [6, 6.07) is 14.7. The molecule has 1 saturated heterocycles. The third-order valence-corrected chi connectivity index (χ3v) is 6.94. The van der Waals surface area contributed by atoms with E-state index in [0.29, 0.717) is 6.54 Å². The van der Waals surface area contributed by atoms with Crippen molar-refractivity contribution in [3.63, 3.8) is 0 Å². The molecule has 1 aliphatic carbocycles. The van der Waals surface area contributed by atoms with Crippen LogP contribution < -0.4 is 5.32 Å². The zero-order valence-electron chi connectivity index (χ0n) is 20.3. The minimum absolute atomic E-state index is 0.0654. The number of fused-ring (bicyclic) bond motifs is 3. The minimum Gasteiger partial charge on any atom is -0.481 e. The molecule has 2 amide bonds. The summed E-state index contributed by atoms with van der Waals surface area (Å²) in [5, 5.41) is 12.2. The van der Waals surface area contributed by atoms with Gasteiger partial charge in [-0.15, -0.1) is 0 Å². The number of rotatable bonds is 8. The Bertz CT molecular complexity index is 1060. The van der Waals surface area contributed by atoms with Gasteiger partial charge in [-0.05, 0) is 35.1 Å². The summed E-state index contributed by atoms with van der Waals surface area (Å²) in [7, 11) is 0. The number of carbonyl (C=O) groups is 3. The Hall–Kier alpha value is -3.39. The van der Waals surface area contributed by atoms with E-state index in [0.717, 1.165) is 22.3 Å². The van der Waals surface area contributed by atoms with E-state index < -0.39 is 30.1 Å². The van der Waals surface area contributed by atoms with Gasteiger partial charge in [-0.25, -0.2) is 4.79 Å². The van der Waals surface area contributed by atoms with Crippen molar-refractivity contribution in [3.8, 4) is 11.1 Å². The van der Waals surface area contributed by atoms with E-state index in [-0.39, 0.29) is 37.6 Å². The highest BCUT2D eigenvalue weighted by atomic mass is 16.5. The quantitative estimate of drug-likeness (QED) is 0.599. The zero-order valence-corrected chi connectivity index (χ0v) is 20.3. The Morgan fingerprint density at radius 1 is 1.06 bits per heavy atom. The normalized spacial score (nSPS) is 19.7. The highest BCUT2D eigenvalue weighted by Crippen LogP contribution is 2.44. The first-order valence-electron chi connectivity index (χ1n) is 12.1. The molecule has 0 bridgehead atoms. The molecule has 0 radical (unpaired) electrons. The Labute approximate surface area is 205 Å². The smallest absolute Gasteiger partial charge is 0.407 e. The molecule has 1 fully saturated rings. The van der Waals surface area contributed by atoms with Crippen LogP contribution in [0.4, 0.5) is 4.79 Å². The van der Waals surface area contributed by atoms with E-state index in [9.17, 15) is 19.5 Å². The van der Waals surface area contributed by atoms with Crippen LogP contribution >= 0.6 is 0 Å². The van der Waals surface area contributed by atoms with Crippen molar-refractivity contribution >= 4 is 18.0 Å². The van der Waals surface area contributed by atoms with Crippen molar-refractivity contribution < 1.29 is 29.0 Å². The van der Waals surface area contributed by atoms with E-state index >= 15 is 0 Å². The second kappa shape index (κ2) is 10.5. The molecular weight excluding hydrogens is 448 g/mol. The number of aliphatic carboxylic acids is 1. The van der Waals surface area contributed by atoms with E-state index in [1.807, 2.05) is 50.2 Å². The topological polar surface area (TPSA) is 105 Å². The molecule has 4 rings (SSSR count). The fourth-order valence-electron chi connectivity index (χ4n) is 5.10. The third-order valence-electron chi connectivity index (χ3n) is 6.94. The number of benzene rings is 2. The maximum atomic E-state index is 13.4. The molecular formula is C27H32N2O6. The van der Waals surface area contributed by atoms with Crippen LogP contribution in [0.1, 0.15) is 37.8 Å². The number of hydrogen-bond donors (Lipinski definition) is 2. The Morgan fingerprint density at radius 3 is 2.20 bits per heavy atom. The van der Waals surface area contributed by atoms with Gasteiger partial charge in [0.25, 0.3) is 0 Å². The van der Waals surface area contributed by atoms with Crippen molar-refractivity contribution in [2.75, 3.05) is 26.4 Å². The second-order valence-corrected chi connectivity index (χ2v) is 9.37. The van der Waals surface area contributed by atoms with Crippen molar-refractivity contribution in [1.82, 2.24) is 10.2 Å². The molecule has 3 atom stereocenters. The predicted octanol–water partition coefficient (Wildman–Crippen LogP) is 3.50. The summed E-state index contributed by atoms with van der Waals surface area (Å²) in [6.07, 6.45) is -0.674. The summed E-state index contributed by atoms with van der Waals surface area (Å²) in [4.78, 5) is 39.3. The van der Waals surface area contributed by atoms with Crippen molar-refractivity contribution in [1.29, 1.82) is 0 Å². The lowest BCUT2D eigenvalue weighted by molar-refractivity contribution is -0.145. The van der Waals surface area contributed by atoms with Crippen molar-refractivity contribution in [2.24, 2.45) is 11.8 Å². The molecule has 186 valence electrons. The van der Waals surface area contributed by atoms with Gasteiger partial charge in [0.2, 0.25) is 5.91 Å². The largest absolute Gasteiger partial charge is 0.481 e. The number of carbonyl (C=O) groups excluding carboxylic acids is 2. The summed E-state index contributed by atoms with van der Waals surface area (Å²) >= 11 is 0. The molecule has 1 heterocycles. The van der Waals surface area contributed by atoms with E-state index in [1.165, 1.54) is 4.90 Å². The van der Waals surface area contributed by atoms with Gasteiger partial charge in [-0.1, -0.05) is 62.4 Å². The van der Waals surface area contributed by atoms with Gasteiger partial charge >= 0.3 is 12.1 Å². The molecule has 2 unspecified atom stereocenters. The number of likely N-dealkylation sites (N-methyl/N-ethyl adjacent to an activating group) is 1. The van der Waals surface area contributed by atoms with Gasteiger partial charge in [0, 0.05) is 12.5 Å². The van der Waals surface area contributed by atoms with E-state index in [1.54, 1.807) is 6.92 Å². The molecule has 1 aliphatic heterocycles. The predicted molar refractivity (Wildman–Crippen MR) is 130 cm³/mol.